The van der Waals surface area contributed by atoms with Gasteiger partial charge in [-0.3, -0.25) is 4.79 Å². The molecule has 0 aromatic carbocycles. The Balaban J connectivity index is 1.24. The Morgan fingerprint density at radius 2 is 1.88 bits per heavy atom. The minimum Gasteiger partial charge on any atom is -0.348 e. The summed E-state index contributed by atoms with van der Waals surface area (Å²) < 4.78 is 1.72. The third-order valence-electron chi connectivity index (χ3n) is 5.92. The van der Waals surface area contributed by atoms with E-state index in [4.69, 9.17) is 4.98 Å². The molecule has 2 aromatic rings. The molecule has 1 saturated heterocycles. The van der Waals surface area contributed by atoms with Gasteiger partial charge < -0.3 is 4.90 Å². The van der Waals surface area contributed by atoms with Crippen LogP contribution < -0.4 is 10.5 Å². The molecule has 1 aliphatic heterocycles. The number of fused-ring (bicyclic) bond motifs is 2. The Bertz CT molecular complexity index is 826. The van der Waals surface area contributed by atoms with Crippen molar-refractivity contribution in [3.8, 4) is 0 Å². The van der Waals surface area contributed by atoms with Crippen LogP contribution >= 0.6 is 11.3 Å². The molecule has 132 valence electrons. The molecule has 0 radical (unpaired) electrons. The Hall–Kier alpha value is -1.69. The second-order valence-corrected chi connectivity index (χ2v) is 8.70. The van der Waals surface area contributed by atoms with Gasteiger partial charge in [-0.15, -0.1) is 11.3 Å². The average molecular weight is 356 g/mol. The molecule has 0 unspecified atom stereocenters. The number of hydrogen-bond acceptors (Lipinski definition) is 5. The lowest BCUT2D eigenvalue weighted by Crippen LogP contribution is -2.37. The molecule has 0 amide bonds. The molecule has 3 aliphatic rings. The lowest BCUT2D eigenvalue weighted by Gasteiger charge is -2.31. The van der Waals surface area contributed by atoms with E-state index in [2.05, 4.69) is 10.00 Å². The van der Waals surface area contributed by atoms with Crippen LogP contribution in [0.15, 0.2) is 10.9 Å². The second-order valence-electron chi connectivity index (χ2n) is 7.64. The van der Waals surface area contributed by atoms with Gasteiger partial charge in [0.25, 0.3) is 5.56 Å². The molecule has 25 heavy (non-hydrogen) atoms. The fraction of sp³-hybridized carbons (Fsp3) is 0.632. The highest BCUT2D eigenvalue weighted by Gasteiger charge is 2.25. The molecule has 0 atom stereocenters. The highest BCUT2D eigenvalue weighted by molar-refractivity contribution is 7.15. The second kappa shape index (κ2) is 6.24. The summed E-state index contributed by atoms with van der Waals surface area (Å²) in [5.74, 6) is 0.549. The highest BCUT2D eigenvalue weighted by atomic mass is 32.1. The molecule has 1 fully saturated rings. The van der Waals surface area contributed by atoms with Crippen molar-refractivity contribution >= 4 is 16.5 Å². The number of piperidine rings is 1. The highest BCUT2D eigenvalue weighted by Crippen LogP contribution is 2.34. The van der Waals surface area contributed by atoms with Crippen molar-refractivity contribution in [2.75, 3.05) is 18.0 Å². The van der Waals surface area contributed by atoms with E-state index in [1.807, 2.05) is 17.4 Å². The van der Waals surface area contributed by atoms with Crippen molar-refractivity contribution in [2.45, 2.75) is 57.9 Å². The lowest BCUT2D eigenvalue weighted by atomic mass is 9.97. The number of aryl methyl sites for hydroxylation is 4. The Kier molecular flexibility index (Phi) is 3.88. The summed E-state index contributed by atoms with van der Waals surface area (Å²) in [6.45, 7) is 2.88. The maximum Gasteiger partial charge on any atom is 0.267 e. The van der Waals surface area contributed by atoms with Gasteiger partial charge in [0.1, 0.15) is 0 Å². The quantitative estimate of drug-likeness (QED) is 0.848. The summed E-state index contributed by atoms with van der Waals surface area (Å²) in [5.41, 5.74) is 3.75. The largest absolute Gasteiger partial charge is 0.348 e. The number of rotatable bonds is 3. The zero-order chi connectivity index (χ0) is 16.8. The van der Waals surface area contributed by atoms with Crippen molar-refractivity contribution in [1.29, 1.82) is 0 Å². The van der Waals surface area contributed by atoms with E-state index in [1.54, 1.807) is 4.68 Å². The monoisotopic (exact) mass is 356 g/mol. The smallest absolute Gasteiger partial charge is 0.267 e. The van der Waals surface area contributed by atoms with E-state index < -0.39 is 0 Å². The Morgan fingerprint density at radius 1 is 1.08 bits per heavy atom. The predicted molar refractivity (Wildman–Crippen MR) is 99.6 cm³/mol. The van der Waals surface area contributed by atoms with Crippen molar-refractivity contribution in [1.82, 2.24) is 14.8 Å². The van der Waals surface area contributed by atoms with Crippen LogP contribution in [-0.4, -0.2) is 27.9 Å². The number of nitrogens with zero attached hydrogens (tertiary/aromatic N) is 4. The van der Waals surface area contributed by atoms with Gasteiger partial charge in [0.05, 0.1) is 11.4 Å². The van der Waals surface area contributed by atoms with E-state index in [0.29, 0.717) is 5.92 Å². The molecule has 0 bridgehead atoms. The van der Waals surface area contributed by atoms with Gasteiger partial charge in [-0.25, -0.2) is 9.67 Å². The Morgan fingerprint density at radius 3 is 2.72 bits per heavy atom. The molecular formula is C19H24N4OS. The number of hydrogen-bond donors (Lipinski definition) is 0. The van der Waals surface area contributed by atoms with Crippen molar-refractivity contribution in [3.63, 3.8) is 0 Å². The van der Waals surface area contributed by atoms with Gasteiger partial charge in [-0.2, -0.15) is 5.10 Å². The van der Waals surface area contributed by atoms with Crippen LogP contribution in [-0.2, 0) is 32.2 Å². The number of thiazole rings is 1. The van der Waals surface area contributed by atoms with Gasteiger partial charge in [0.15, 0.2) is 5.13 Å². The molecular weight excluding hydrogens is 332 g/mol. The molecule has 0 N–H and O–H groups in total. The first-order valence-electron chi connectivity index (χ1n) is 9.60. The van der Waals surface area contributed by atoms with Crippen LogP contribution in [0.2, 0.25) is 0 Å². The predicted octanol–water partition coefficient (Wildman–Crippen LogP) is 2.59. The first-order valence-corrected chi connectivity index (χ1v) is 10.4. The molecule has 3 heterocycles. The summed E-state index contributed by atoms with van der Waals surface area (Å²) in [6, 6.07) is 1.82. The van der Waals surface area contributed by atoms with E-state index in [-0.39, 0.29) is 5.56 Å². The molecule has 5 rings (SSSR count). The van der Waals surface area contributed by atoms with Gasteiger partial charge in [-0.1, -0.05) is 0 Å². The standard InChI is InChI=1S/C19H24N4OS/c24-18-11-14-3-1-4-15(14)21-23(18)12-13-7-9-22(10-8-13)19-20-16-5-2-6-17(16)25-19/h11,13H,1-10,12H2. The van der Waals surface area contributed by atoms with Crippen LogP contribution in [0.4, 0.5) is 5.13 Å². The van der Waals surface area contributed by atoms with E-state index >= 15 is 0 Å². The summed E-state index contributed by atoms with van der Waals surface area (Å²) >= 11 is 1.90. The first-order chi connectivity index (χ1) is 12.3. The van der Waals surface area contributed by atoms with Gasteiger partial charge in [0.2, 0.25) is 0 Å². The molecule has 0 saturated carbocycles. The summed E-state index contributed by atoms with van der Waals surface area (Å²) in [4.78, 5) is 21.1. The minimum absolute atomic E-state index is 0.0828. The maximum atomic E-state index is 12.3. The normalized spacial score (nSPS) is 20.1. The van der Waals surface area contributed by atoms with Crippen LogP contribution in [0.1, 0.15) is 47.5 Å². The number of anilines is 1. The summed E-state index contributed by atoms with van der Waals surface area (Å²) in [7, 11) is 0. The van der Waals surface area contributed by atoms with Crippen LogP contribution in [0.3, 0.4) is 0 Å². The van der Waals surface area contributed by atoms with Crippen LogP contribution in [0.25, 0.3) is 0 Å². The maximum absolute atomic E-state index is 12.3. The van der Waals surface area contributed by atoms with Crippen LogP contribution in [0, 0.1) is 5.92 Å². The molecule has 2 aliphatic carbocycles. The van der Waals surface area contributed by atoms with Crippen molar-refractivity contribution < 1.29 is 0 Å². The van der Waals surface area contributed by atoms with E-state index in [1.165, 1.54) is 34.1 Å². The Labute approximate surface area is 151 Å². The first kappa shape index (κ1) is 15.6. The zero-order valence-corrected chi connectivity index (χ0v) is 15.4. The molecule has 5 nitrogen and oxygen atoms in total. The van der Waals surface area contributed by atoms with Gasteiger partial charge in [0, 0.05) is 30.6 Å². The van der Waals surface area contributed by atoms with Gasteiger partial charge in [-0.05, 0) is 62.8 Å². The van der Waals surface area contributed by atoms with Crippen LogP contribution in [0.5, 0.6) is 0 Å². The van der Waals surface area contributed by atoms with E-state index in [9.17, 15) is 4.79 Å². The van der Waals surface area contributed by atoms with Gasteiger partial charge >= 0.3 is 0 Å². The topological polar surface area (TPSA) is 51.0 Å². The molecule has 6 heteroatoms. The lowest BCUT2D eigenvalue weighted by molar-refractivity contribution is 0.333. The third kappa shape index (κ3) is 2.90. The summed E-state index contributed by atoms with van der Waals surface area (Å²) in [6.07, 6.45) is 9.09. The fourth-order valence-corrected chi connectivity index (χ4v) is 5.63. The van der Waals surface area contributed by atoms with Crippen molar-refractivity contribution in [3.05, 3.63) is 38.2 Å². The average Bonchev–Trinajstić information content (AvgIpc) is 3.31. The zero-order valence-electron chi connectivity index (χ0n) is 14.5. The molecule has 2 aromatic heterocycles. The third-order valence-corrected chi connectivity index (χ3v) is 7.14. The molecule has 0 spiro atoms. The SMILES string of the molecule is O=c1cc2c(nn1CC1CCN(c3nc4c(s3)CCC4)CC1)CCC2. The van der Waals surface area contributed by atoms with Crippen molar-refractivity contribution in [2.24, 2.45) is 5.92 Å². The summed E-state index contributed by atoms with van der Waals surface area (Å²) in [5, 5.41) is 5.86. The van der Waals surface area contributed by atoms with E-state index in [0.717, 1.165) is 63.9 Å². The fourth-order valence-electron chi connectivity index (χ4n) is 4.43. The minimum atomic E-state index is 0.0828. The number of aromatic nitrogens is 3.